The third-order valence-electron chi connectivity index (χ3n) is 4.29. The van der Waals surface area contributed by atoms with E-state index in [0.717, 1.165) is 22.4 Å². The van der Waals surface area contributed by atoms with Crippen molar-refractivity contribution in [2.45, 2.75) is 19.6 Å². The lowest BCUT2D eigenvalue weighted by Gasteiger charge is -2.16. The molecule has 0 saturated carbocycles. The zero-order chi connectivity index (χ0) is 19.1. The summed E-state index contributed by atoms with van der Waals surface area (Å²) in [5.74, 6) is 1.24. The fraction of sp³-hybridized carbons (Fsp3) is 0.174. The summed E-state index contributed by atoms with van der Waals surface area (Å²) < 4.78 is 11.1. The SMILES string of the molecule is COc1ccccc1CNC(=O)C(C)Oc1ccc(-c2ccccc2)cc1. The molecule has 1 amide bonds. The minimum atomic E-state index is -0.595. The van der Waals surface area contributed by atoms with E-state index < -0.39 is 6.10 Å². The van der Waals surface area contributed by atoms with Crippen molar-refractivity contribution in [2.75, 3.05) is 7.11 Å². The van der Waals surface area contributed by atoms with Crippen molar-refractivity contribution in [2.24, 2.45) is 0 Å². The van der Waals surface area contributed by atoms with Crippen molar-refractivity contribution in [1.82, 2.24) is 5.32 Å². The third-order valence-corrected chi connectivity index (χ3v) is 4.29. The molecule has 3 aromatic carbocycles. The zero-order valence-electron chi connectivity index (χ0n) is 15.5. The number of para-hydroxylation sites is 1. The summed E-state index contributed by atoms with van der Waals surface area (Å²) in [6.45, 7) is 2.13. The Morgan fingerprint density at radius 2 is 1.52 bits per heavy atom. The maximum Gasteiger partial charge on any atom is 0.261 e. The molecule has 0 saturated heterocycles. The fourth-order valence-corrected chi connectivity index (χ4v) is 2.79. The molecule has 0 radical (unpaired) electrons. The molecule has 0 bridgehead atoms. The number of carbonyl (C=O) groups is 1. The highest BCUT2D eigenvalue weighted by molar-refractivity contribution is 5.80. The largest absolute Gasteiger partial charge is 0.496 e. The number of hydrogen-bond donors (Lipinski definition) is 1. The minimum absolute atomic E-state index is 0.173. The van der Waals surface area contributed by atoms with Crippen LogP contribution < -0.4 is 14.8 Å². The van der Waals surface area contributed by atoms with E-state index in [4.69, 9.17) is 9.47 Å². The lowest BCUT2D eigenvalue weighted by molar-refractivity contribution is -0.127. The number of benzene rings is 3. The van der Waals surface area contributed by atoms with Crippen LogP contribution in [0.25, 0.3) is 11.1 Å². The van der Waals surface area contributed by atoms with E-state index in [1.807, 2.05) is 66.7 Å². The molecule has 3 aromatic rings. The summed E-state index contributed by atoms with van der Waals surface area (Å²) >= 11 is 0. The van der Waals surface area contributed by atoms with E-state index in [1.54, 1.807) is 14.0 Å². The molecule has 1 unspecified atom stereocenters. The lowest BCUT2D eigenvalue weighted by atomic mass is 10.1. The van der Waals surface area contributed by atoms with Crippen LogP contribution in [0.2, 0.25) is 0 Å². The Hall–Kier alpha value is -3.27. The Labute approximate surface area is 159 Å². The molecule has 4 heteroatoms. The van der Waals surface area contributed by atoms with Crippen LogP contribution in [0.5, 0.6) is 11.5 Å². The van der Waals surface area contributed by atoms with Gasteiger partial charge in [-0.3, -0.25) is 4.79 Å². The molecule has 0 spiro atoms. The van der Waals surface area contributed by atoms with Crippen LogP contribution in [0.4, 0.5) is 0 Å². The molecule has 0 aliphatic rings. The predicted molar refractivity (Wildman–Crippen MR) is 107 cm³/mol. The first-order chi connectivity index (χ1) is 13.2. The maximum absolute atomic E-state index is 12.3. The molecule has 0 heterocycles. The van der Waals surface area contributed by atoms with Crippen molar-refractivity contribution < 1.29 is 14.3 Å². The lowest BCUT2D eigenvalue weighted by Crippen LogP contribution is -2.35. The van der Waals surface area contributed by atoms with Gasteiger partial charge in [0.1, 0.15) is 11.5 Å². The van der Waals surface area contributed by atoms with Crippen molar-refractivity contribution >= 4 is 5.91 Å². The van der Waals surface area contributed by atoms with Gasteiger partial charge < -0.3 is 14.8 Å². The molecule has 0 aliphatic carbocycles. The van der Waals surface area contributed by atoms with E-state index >= 15 is 0 Å². The average molecular weight is 361 g/mol. The molecule has 0 aliphatic heterocycles. The third kappa shape index (κ3) is 4.88. The van der Waals surface area contributed by atoms with Crippen LogP contribution in [0.1, 0.15) is 12.5 Å². The molecule has 1 atom stereocenters. The number of nitrogens with one attached hydrogen (secondary N) is 1. The number of methoxy groups -OCH3 is 1. The second kappa shape index (κ2) is 8.90. The summed E-state index contributed by atoms with van der Waals surface area (Å²) in [5, 5.41) is 2.89. The highest BCUT2D eigenvalue weighted by atomic mass is 16.5. The summed E-state index contributed by atoms with van der Waals surface area (Å²) in [7, 11) is 1.62. The summed E-state index contributed by atoms with van der Waals surface area (Å²) in [6.07, 6.45) is -0.595. The van der Waals surface area contributed by atoms with E-state index in [9.17, 15) is 4.79 Å². The van der Waals surface area contributed by atoms with Crippen molar-refractivity contribution in [3.05, 3.63) is 84.4 Å². The van der Waals surface area contributed by atoms with Crippen molar-refractivity contribution in [1.29, 1.82) is 0 Å². The highest BCUT2D eigenvalue weighted by Gasteiger charge is 2.15. The highest BCUT2D eigenvalue weighted by Crippen LogP contribution is 2.22. The van der Waals surface area contributed by atoms with E-state index in [-0.39, 0.29) is 5.91 Å². The molecule has 4 nitrogen and oxygen atoms in total. The van der Waals surface area contributed by atoms with Gasteiger partial charge in [-0.15, -0.1) is 0 Å². The van der Waals surface area contributed by atoms with Crippen molar-refractivity contribution in [3.8, 4) is 22.6 Å². The maximum atomic E-state index is 12.3. The van der Waals surface area contributed by atoms with Gasteiger partial charge in [0.05, 0.1) is 7.11 Å². The van der Waals surface area contributed by atoms with Gasteiger partial charge >= 0.3 is 0 Å². The smallest absolute Gasteiger partial charge is 0.261 e. The molecule has 0 aromatic heterocycles. The first-order valence-corrected chi connectivity index (χ1v) is 8.89. The van der Waals surface area contributed by atoms with Crippen molar-refractivity contribution in [3.63, 3.8) is 0 Å². The molecular weight excluding hydrogens is 338 g/mol. The molecular formula is C23H23NO3. The minimum Gasteiger partial charge on any atom is -0.496 e. The van der Waals surface area contributed by atoms with E-state index in [2.05, 4.69) is 17.4 Å². The Morgan fingerprint density at radius 1 is 0.889 bits per heavy atom. The molecule has 3 rings (SSSR count). The standard InChI is InChI=1S/C23H23NO3/c1-17(23(25)24-16-20-10-6-7-11-22(20)26-2)27-21-14-12-19(13-15-21)18-8-4-3-5-9-18/h3-15,17H,16H2,1-2H3,(H,24,25). The Balaban J connectivity index is 1.56. The summed E-state index contributed by atoms with van der Waals surface area (Å²) in [5.41, 5.74) is 3.18. The normalized spacial score (nSPS) is 11.5. The van der Waals surface area contributed by atoms with Gasteiger partial charge in [0.25, 0.3) is 5.91 Å². The molecule has 1 N–H and O–H groups in total. The van der Waals surface area contributed by atoms with Gasteiger partial charge in [-0.1, -0.05) is 60.7 Å². The first kappa shape index (κ1) is 18.5. The first-order valence-electron chi connectivity index (χ1n) is 8.89. The fourth-order valence-electron chi connectivity index (χ4n) is 2.79. The Morgan fingerprint density at radius 3 is 2.22 bits per heavy atom. The van der Waals surface area contributed by atoms with Gasteiger partial charge in [-0.25, -0.2) is 0 Å². The van der Waals surface area contributed by atoms with Gasteiger partial charge in [-0.05, 0) is 36.2 Å². The van der Waals surface area contributed by atoms with E-state index in [0.29, 0.717) is 12.3 Å². The number of rotatable bonds is 7. The Kier molecular flexibility index (Phi) is 6.10. The summed E-state index contributed by atoms with van der Waals surface area (Å²) in [4.78, 5) is 12.3. The second-order valence-corrected chi connectivity index (χ2v) is 6.18. The van der Waals surface area contributed by atoms with Crippen LogP contribution in [-0.2, 0) is 11.3 Å². The average Bonchev–Trinajstić information content (AvgIpc) is 2.73. The van der Waals surface area contributed by atoms with Crippen LogP contribution in [0.15, 0.2) is 78.9 Å². The number of ether oxygens (including phenoxy) is 2. The molecule has 27 heavy (non-hydrogen) atoms. The van der Waals surface area contributed by atoms with Crippen LogP contribution in [0, 0.1) is 0 Å². The van der Waals surface area contributed by atoms with Gasteiger partial charge in [0.15, 0.2) is 6.10 Å². The van der Waals surface area contributed by atoms with Crippen LogP contribution in [0.3, 0.4) is 0 Å². The van der Waals surface area contributed by atoms with Gasteiger partial charge in [0, 0.05) is 12.1 Å². The van der Waals surface area contributed by atoms with Gasteiger partial charge in [0.2, 0.25) is 0 Å². The topological polar surface area (TPSA) is 47.6 Å². The summed E-state index contributed by atoms with van der Waals surface area (Å²) in [6, 6.07) is 25.5. The zero-order valence-corrected chi connectivity index (χ0v) is 15.5. The Bertz CT molecular complexity index is 876. The molecule has 138 valence electrons. The number of amides is 1. The van der Waals surface area contributed by atoms with Crippen LogP contribution >= 0.6 is 0 Å². The number of hydrogen-bond acceptors (Lipinski definition) is 3. The number of carbonyl (C=O) groups excluding carboxylic acids is 1. The van der Waals surface area contributed by atoms with E-state index in [1.165, 1.54) is 0 Å². The monoisotopic (exact) mass is 361 g/mol. The second-order valence-electron chi connectivity index (χ2n) is 6.18. The quantitative estimate of drug-likeness (QED) is 0.676. The molecule has 0 fully saturated rings. The van der Waals surface area contributed by atoms with Gasteiger partial charge in [-0.2, -0.15) is 0 Å². The van der Waals surface area contributed by atoms with Crippen LogP contribution in [-0.4, -0.2) is 19.1 Å². The predicted octanol–water partition coefficient (Wildman–Crippen LogP) is 4.45.